The molecule has 1 N–H and O–H groups in total. The zero-order valence-electron chi connectivity index (χ0n) is 20.2. The number of rotatable bonds is 4. The number of aryl methyl sites for hydroxylation is 2. The second kappa shape index (κ2) is 9.24. The Morgan fingerprint density at radius 1 is 1.14 bits per heavy atom. The first-order valence-electron chi connectivity index (χ1n) is 12.4. The summed E-state index contributed by atoms with van der Waals surface area (Å²) in [5.41, 5.74) is 1.48. The second-order valence-electron chi connectivity index (χ2n) is 9.83. The Bertz CT molecular complexity index is 1100. The Morgan fingerprint density at radius 2 is 1.97 bits per heavy atom. The average molecular weight is 481 g/mol. The normalized spacial score (nSPS) is 33.3. The van der Waals surface area contributed by atoms with Crippen LogP contribution in [0.5, 0.6) is 0 Å². The Labute approximate surface area is 205 Å². The van der Waals surface area contributed by atoms with Gasteiger partial charge in [0.1, 0.15) is 17.6 Å². The van der Waals surface area contributed by atoms with Crippen LogP contribution in [0.2, 0.25) is 0 Å². The van der Waals surface area contributed by atoms with Gasteiger partial charge in [0, 0.05) is 25.4 Å². The van der Waals surface area contributed by atoms with E-state index < -0.39 is 35.6 Å². The van der Waals surface area contributed by atoms with Crippen molar-refractivity contribution < 1.29 is 29.0 Å². The van der Waals surface area contributed by atoms with E-state index in [9.17, 15) is 19.5 Å². The zero-order valence-corrected chi connectivity index (χ0v) is 20.2. The Balaban J connectivity index is 1.62. The molecule has 1 unspecified atom stereocenters. The van der Waals surface area contributed by atoms with Gasteiger partial charge in [0.2, 0.25) is 5.91 Å². The minimum absolute atomic E-state index is 0.114. The molecule has 4 aliphatic rings. The molecule has 1 aromatic rings. The van der Waals surface area contributed by atoms with Gasteiger partial charge in [0.15, 0.2) is 0 Å². The fraction of sp³-hybridized carbons (Fsp3) is 0.519. The number of fused-ring (bicyclic) bond motifs is 2. The fourth-order valence-electron chi connectivity index (χ4n) is 5.96. The number of nitrogens with zero attached hydrogens (tertiary/aromatic N) is 2. The van der Waals surface area contributed by atoms with Gasteiger partial charge in [0.25, 0.3) is 5.91 Å². The summed E-state index contributed by atoms with van der Waals surface area (Å²) in [6.07, 6.45) is 8.62. The highest BCUT2D eigenvalue weighted by molar-refractivity contribution is 6.05. The molecule has 4 heterocycles. The van der Waals surface area contributed by atoms with Crippen LogP contribution in [0.25, 0.3) is 0 Å². The molecule has 0 saturated carbocycles. The predicted octanol–water partition coefficient (Wildman–Crippen LogP) is 2.06. The van der Waals surface area contributed by atoms with Crippen molar-refractivity contribution in [1.82, 2.24) is 4.90 Å². The van der Waals surface area contributed by atoms with Crippen molar-refractivity contribution in [3.8, 4) is 0 Å². The number of ether oxygens (including phenoxy) is 2. The van der Waals surface area contributed by atoms with Gasteiger partial charge < -0.3 is 24.4 Å². The molecule has 1 spiro atoms. The minimum Gasteiger partial charge on any atom is -0.465 e. The predicted molar refractivity (Wildman–Crippen MR) is 129 cm³/mol. The van der Waals surface area contributed by atoms with E-state index in [2.05, 4.69) is 0 Å². The average Bonchev–Trinajstić information content (AvgIpc) is 3.24. The summed E-state index contributed by atoms with van der Waals surface area (Å²) >= 11 is 0. The number of carbonyl (C=O) groups is 3. The summed E-state index contributed by atoms with van der Waals surface area (Å²) in [6, 6.07) is 5.00. The topological polar surface area (TPSA) is 96.4 Å². The number of esters is 1. The summed E-state index contributed by atoms with van der Waals surface area (Å²) in [6.45, 7) is 4.63. The zero-order chi connectivity index (χ0) is 24.7. The maximum absolute atomic E-state index is 14.2. The summed E-state index contributed by atoms with van der Waals surface area (Å²) in [4.78, 5) is 44.5. The van der Waals surface area contributed by atoms with Gasteiger partial charge in [-0.15, -0.1) is 0 Å². The van der Waals surface area contributed by atoms with Crippen LogP contribution in [0.3, 0.4) is 0 Å². The number of aliphatic hydroxyl groups is 1. The Kier molecular flexibility index (Phi) is 6.27. The molecule has 4 aliphatic heterocycles. The maximum Gasteiger partial charge on any atom is 0.312 e. The molecule has 0 aliphatic carbocycles. The third-order valence-corrected chi connectivity index (χ3v) is 7.56. The summed E-state index contributed by atoms with van der Waals surface area (Å²) in [5, 5.41) is 9.50. The number of carbonyl (C=O) groups excluding carboxylic acids is 3. The van der Waals surface area contributed by atoms with Crippen LogP contribution in [0.1, 0.15) is 30.4 Å². The van der Waals surface area contributed by atoms with E-state index in [1.54, 1.807) is 4.90 Å². The first kappa shape index (κ1) is 23.8. The van der Waals surface area contributed by atoms with E-state index in [1.165, 1.54) is 4.90 Å². The third kappa shape index (κ3) is 3.79. The van der Waals surface area contributed by atoms with E-state index >= 15 is 0 Å². The standard InChI is InChI=1S/C27H32N2O6/c1-17-9-10-18(2)19(16-17)28-12-6-11-27-22(24(31)29(13-7-14-30)23(27)25(28)32)21-20(35-27)8-4-3-5-15-34-26(21)33/h4,6,8-11,16,20-23,30H,3,5,7,12-15H2,1-2H3/b8-4-/t20-,21+,22-,23?,27-/m0/s1. The molecule has 0 aromatic heterocycles. The SMILES string of the molecule is Cc1ccc(C)c(N2CC=C[C@]34O[C@H]5/C=C\CCCOC(=O)[C@H]5[C@H]3C(=O)N(CCCO)C4C2=O)c1. The van der Waals surface area contributed by atoms with Crippen molar-refractivity contribution in [2.75, 3.05) is 31.2 Å². The fourth-order valence-corrected chi connectivity index (χ4v) is 5.96. The highest BCUT2D eigenvalue weighted by Gasteiger charge is 2.71. The van der Waals surface area contributed by atoms with Crippen LogP contribution in [0, 0.1) is 25.7 Å². The molecule has 8 nitrogen and oxygen atoms in total. The lowest BCUT2D eigenvalue weighted by molar-refractivity contribution is -0.154. The third-order valence-electron chi connectivity index (χ3n) is 7.56. The van der Waals surface area contributed by atoms with Crippen LogP contribution in [0.4, 0.5) is 5.69 Å². The van der Waals surface area contributed by atoms with Gasteiger partial charge in [-0.1, -0.05) is 36.4 Å². The molecule has 0 bridgehead atoms. The van der Waals surface area contributed by atoms with Gasteiger partial charge in [-0.05, 0) is 50.3 Å². The largest absolute Gasteiger partial charge is 0.465 e. The smallest absolute Gasteiger partial charge is 0.312 e. The van der Waals surface area contributed by atoms with Crippen LogP contribution >= 0.6 is 0 Å². The van der Waals surface area contributed by atoms with Gasteiger partial charge in [-0.2, -0.15) is 0 Å². The molecular weight excluding hydrogens is 448 g/mol. The molecule has 2 amide bonds. The number of cyclic esters (lactones) is 1. The number of benzene rings is 1. The number of anilines is 1. The lowest BCUT2D eigenvalue weighted by Gasteiger charge is -2.35. The summed E-state index contributed by atoms with van der Waals surface area (Å²) < 4.78 is 12.1. The van der Waals surface area contributed by atoms with E-state index in [0.717, 1.165) is 23.2 Å². The second-order valence-corrected chi connectivity index (χ2v) is 9.83. The Morgan fingerprint density at radius 3 is 2.77 bits per heavy atom. The number of hydrogen-bond donors (Lipinski definition) is 1. The maximum atomic E-state index is 14.2. The van der Waals surface area contributed by atoms with Crippen molar-refractivity contribution >= 4 is 23.5 Å². The highest BCUT2D eigenvalue weighted by atomic mass is 16.6. The molecule has 5 rings (SSSR count). The van der Waals surface area contributed by atoms with E-state index in [-0.39, 0.29) is 31.6 Å². The molecule has 2 saturated heterocycles. The highest BCUT2D eigenvalue weighted by Crippen LogP contribution is 2.53. The number of amides is 2. The van der Waals surface area contributed by atoms with Gasteiger partial charge >= 0.3 is 5.97 Å². The number of likely N-dealkylation sites (tertiary alicyclic amines) is 1. The number of aliphatic hydroxyl groups excluding tert-OH is 1. The van der Waals surface area contributed by atoms with Crippen molar-refractivity contribution in [2.45, 2.75) is 50.9 Å². The number of hydrogen-bond acceptors (Lipinski definition) is 6. The summed E-state index contributed by atoms with van der Waals surface area (Å²) in [7, 11) is 0. The quantitative estimate of drug-likeness (QED) is 0.524. The number of allylic oxidation sites excluding steroid dienone is 1. The van der Waals surface area contributed by atoms with Crippen molar-refractivity contribution in [1.29, 1.82) is 0 Å². The molecular formula is C27H32N2O6. The lowest BCUT2D eigenvalue weighted by Crippen LogP contribution is -2.55. The molecule has 0 radical (unpaired) electrons. The summed E-state index contributed by atoms with van der Waals surface area (Å²) in [5.74, 6) is -2.72. The molecule has 186 valence electrons. The lowest BCUT2D eigenvalue weighted by atomic mass is 9.78. The van der Waals surface area contributed by atoms with E-state index in [1.807, 2.05) is 56.4 Å². The van der Waals surface area contributed by atoms with Crippen LogP contribution in [0.15, 0.2) is 42.5 Å². The minimum atomic E-state index is -1.28. The Hall–Kier alpha value is -2.97. The van der Waals surface area contributed by atoms with Crippen LogP contribution in [-0.4, -0.2) is 71.8 Å². The van der Waals surface area contributed by atoms with Crippen molar-refractivity contribution in [2.24, 2.45) is 11.8 Å². The van der Waals surface area contributed by atoms with Crippen molar-refractivity contribution in [3.05, 3.63) is 53.6 Å². The van der Waals surface area contributed by atoms with E-state index in [0.29, 0.717) is 19.4 Å². The molecule has 5 atom stereocenters. The van der Waals surface area contributed by atoms with Crippen LogP contribution < -0.4 is 4.90 Å². The molecule has 1 aromatic carbocycles. The van der Waals surface area contributed by atoms with Gasteiger partial charge in [-0.25, -0.2) is 0 Å². The monoisotopic (exact) mass is 480 g/mol. The van der Waals surface area contributed by atoms with Gasteiger partial charge in [0.05, 0.1) is 18.6 Å². The molecule has 2 fully saturated rings. The molecule has 8 heteroatoms. The van der Waals surface area contributed by atoms with E-state index in [4.69, 9.17) is 9.47 Å². The van der Waals surface area contributed by atoms with Gasteiger partial charge in [-0.3, -0.25) is 14.4 Å². The first-order valence-corrected chi connectivity index (χ1v) is 12.4. The van der Waals surface area contributed by atoms with Crippen molar-refractivity contribution in [3.63, 3.8) is 0 Å². The first-order chi connectivity index (χ1) is 16.9. The van der Waals surface area contributed by atoms with Crippen LogP contribution in [-0.2, 0) is 23.9 Å². The molecule has 35 heavy (non-hydrogen) atoms.